The van der Waals surface area contributed by atoms with Crippen molar-refractivity contribution in [3.05, 3.63) is 0 Å². The Morgan fingerprint density at radius 3 is 2.75 bits per heavy atom. The fraction of sp³-hybridized carbons (Fsp3) is 0.700. The molecule has 6 nitrogen and oxygen atoms in total. The highest BCUT2D eigenvalue weighted by Crippen LogP contribution is 2.19. The fourth-order valence-corrected chi connectivity index (χ4v) is 1.84. The molecule has 1 aliphatic heterocycles. The van der Waals surface area contributed by atoms with E-state index in [9.17, 15) is 9.59 Å². The van der Waals surface area contributed by atoms with Crippen LogP contribution in [0.1, 0.15) is 38.5 Å². The second kappa shape index (κ2) is 5.07. The van der Waals surface area contributed by atoms with Gasteiger partial charge in [-0.15, -0.1) is 0 Å². The average Bonchev–Trinajstić information content (AvgIpc) is 2.80. The molecule has 0 spiro atoms. The zero-order valence-electron chi connectivity index (χ0n) is 8.99. The minimum Gasteiger partial charge on any atom is -0.273 e. The number of rotatable bonds is 3. The Morgan fingerprint density at radius 1 is 1.38 bits per heavy atom. The van der Waals surface area contributed by atoms with E-state index in [2.05, 4.69) is 16.0 Å². The molecule has 1 saturated carbocycles. The van der Waals surface area contributed by atoms with Crippen LogP contribution in [0.2, 0.25) is 0 Å². The van der Waals surface area contributed by atoms with Gasteiger partial charge in [-0.25, -0.2) is 10.9 Å². The Kier molecular flexibility index (Phi) is 3.51. The lowest BCUT2D eigenvalue weighted by Gasteiger charge is -2.14. The van der Waals surface area contributed by atoms with Crippen LogP contribution in [0.3, 0.4) is 0 Å². The Hall–Kier alpha value is -1.43. The molecule has 2 amide bonds. The van der Waals surface area contributed by atoms with Gasteiger partial charge in [-0.05, 0) is 12.8 Å². The summed E-state index contributed by atoms with van der Waals surface area (Å²) in [5, 5.41) is 3.68. The molecule has 2 rings (SSSR count). The summed E-state index contributed by atoms with van der Waals surface area (Å²) in [5.74, 6) is -0.514. The first-order chi connectivity index (χ1) is 7.75. The molecule has 1 fully saturated rings. The van der Waals surface area contributed by atoms with Gasteiger partial charge < -0.3 is 0 Å². The van der Waals surface area contributed by atoms with Crippen molar-refractivity contribution in [3.8, 4) is 0 Å². The molecule has 0 aromatic heterocycles. The molecular weight excluding hydrogens is 210 g/mol. The smallest absolute Gasteiger partial charge is 0.273 e. The number of nitrogens with zero attached hydrogens (tertiary/aromatic N) is 1. The third-order valence-corrected chi connectivity index (χ3v) is 2.79. The lowest BCUT2D eigenvalue weighted by atomic mass is 10.2. The number of carbonyl (C=O) groups excluding carboxylic acids is 2. The molecule has 6 heteroatoms. The van der Waals surface area contributed by atoms with Crippen LogP contribution in [0.4, 0.5) is 0 Å². The largest absolute Gasteiger partial charge is 0.291 e. The Labute approximate surface area is 93.4 Å². The van der Waals surface area contributed by atoms with E-state index in [1.54, 1.807) is 0 Å². The number of nitrogens with one attached hydrogen (secondary N) is 2. The van der Waals surface area contributed by atoms with Gasteiger partial charge in [-0.1, -0.05) is 12.8 Å². The molecular formula is C10H15N3O3. The van der Waals surface area contributed by atoms with Crippen LogP contribution >= 0.6 is 0 Å². The van der Waals surface area contributed by atoms with Gasteiger partial charge >= 0.3 is 0 Å². The summed E-state index contributed by atoms with van der Waals surface area (Å²) in [4.78, 5) is 27.6. The molecule has 0 bridgehead atoms. The Morgan fingerprint density at radius 2 is 2.12 bits per heavy atom. The van der Waals surface area contributed by atoms with E-state index in [-0.39, 0.29) is 17.9 Å². The summed E-state index contributed by atoms with van der Waals surface area (Å²) >= 11 is 0. The third kappa shape index (κ3) is 2.79. The monoisotopic (exact) mass is 225 g/mol. The van der Waals surface area contributed by atoms with Crippen LogP contribution in [0, 0.1) is 0 Å². The predicted molar refractivity (Wildman–Crippen MR) is 56.3 cm³/mol. The van der Waals surface area contributed by atoms with E-state index < -0.39 is 0 Å². The second-order valence-electron chi connectivity index (χ2n) is 4.05. The molecule has 0 aromatic rings. The van der Waals surface area contributed by atoms with Crippen LogP contribution < -0.4 is 10.9 Å². The van der Waals surface area contributed by atoms with E-state index >= 15 is 0 Å². The zero-order chi connectivity index (χ0) is 11.4. The molecule has 0 aromatic carbocycles. The molecule has 1 aliphatic carbocycles. The highest BCUT2D eigenvalue weighted by molar-refractivity contribution is 6.39. The zero-order valence-corrected chi connectivity index (χ0v) is 8.99. The predicted octanol–water partition coefficient (Wildman–Crippen LogP) is 0.243. The summed E-state index contributed by atoms with van der Waals surface area (Å²) in [7, 11) is 0. The Balaban J connectivity index is 1.76. The van der Waals surface area contributed by atoms with Crippen LogP contribution in [-0.2, 0) is 14.4 Å². The molecule has 88 valence electrons. The summed E-state index contributed by atoms with van der Waals surface area (Å²) in [6.45, 7) is 0. The highest BCUT2D eigenvalue weighted by Gasteiger charge is 2.21. The SMILES string of the molecule is O=C1CCC(C(=O)NOC2CCCC2)=NN1. The molecule has 2 aliphatic rings. The molecule has 0 unspecified atom stereocenters. The topological polar surface area (TPSA) is 79.8 Å². The molecule has 2 N–H and O–H groups in total. The maximum atomic E-state index is 11.5. The minimum atomic E-state index is -0.355. The molecule has 16 heavy (non-hydrogen) atoms. The standard InChI is InChI=1S/C10H15N3O3/c14-9-6-5-8(11-12-9)10(15)13-16-7-3-1-2-4-7/h7H,1-6H2,(H,12,14)(H,13,15). The highest BCUT2D eigenvalue weighted by atomic mass is 16.7. The van der Waals surface area contributed by atoms with Crippen molar-refractivity contribution in [2.24, 2.45) is 5.10 Å². The van der Waals surface area contributed by atoms with E-state index in [4.69, 9.17) is 4.84 Å². The van der Waals surface area contributed by atoms with Gasteiger partial charge in [0.1, 0.15) is 5.71 Å². The summed E-state index contributed by atoms with van der Waals surface area (Å²) < 4.78 is 0. The number of hydrogen-bond acceptors (Lipinski definition) is 4. The number of carbonyl (C=O) groups is 2. The number of hydrogen-bond donors (Lipinski definition) is 2. The Bertz CT molecular complexity index is 321. The number of hydrazone groups is 1. The van der Waals surface area contributed by atoms with Gasteiger partial charge in [0.2, 0.25) is 5.91 Å². The van der Waals surface area contributed by atoms with E-state index in [0.717, 1.165) is 25.7 Å². The van der Waals surface area contributed by atoms with Gasteiger partial charge in [0.05, 0.1) is 6.10 Å². The van der Waals surface area contributed by atoms with Crippen molar-refractivity contribution >= 4 is 17.5 Å². The van der Waals surface area contributed by atoms with Crippen LogP contribution in [0.25, 0.3) is 0 Å². The van der Waals surface area contributed by atoms with Crippen molar-refractivity contribution in [1.29, 1.82) is 0 Å². The first-order valence-corrected chi connectivity index (χ1v) is 5.57. The lowest BCUT2D eigenvalue weighted by Crippen LogP contribution is -2.38. The van der Waals surface area contributed by atoms with Crippen molar-refractivity contribution in [2.75, 3.05) is 0 Å². The summed E-state index contributed by atoms with van der Waals surface area (Å²) in [6.07, 6.45) is 5.08. The minimum absolute atomic E-state index is 0.128. The van der Waals surface area contributed by atoms with Gasteiger partial charge in [0.15, 0.2) is 0 Å². The van der Waals surface area contributed by atoms with Crippen LogP contribution in [0.5, 0.6) is 0 Å². The van der Waals surface area contributed by atoms with Gasteiger partial charge in [-0.2, -0.15) is 5.10 Å². The van der Waals surface area contributed by atoms with Crippen LogP contribution in [0.15, 0.2) is 5.10 Å². The fourth-order valence-electron chi connectivity index (χ4n) is 1.84. The molecule has 0 atom stereocenters. The van der Waals surface area contributed by atoms with Crippen molar-refractivity contribution in [3.63, 3.8) is 0 Å². The summed E-state index contributed by atoms with van der Waals surface area (Å²) in [6, 6.07) is 0. The van der Waals surface area contributed by atoms with Gasteiger partial charge in [0, 0.05) is 12.8 Å². The summed E-state index contributed by atoms with van der Waals surface area (Å²) in [5.41, 5.74) is 4.98. The second-order valence-corrected chi connectivity index (χ2v) is 4.05. The van der Waals surface area contributed by atoms with Crippen molar-refractivity contribution in [2.45, 2.75) is 44.6 Å². The van der Waals surface area contributed by atoms with Crippen molar-refractivity contribution in [1.82, 2.24) is 10.9 Å². The quantitative estimate of drug-likeness (QED) is 0.675. The van der Waals surface area contributed by atoms with Gasteiger partial charge in [-0.3, -0.25) is 14.4 Å². The lowest BCUT2D eigenvalue weighted by molar-refractivity contribution is -0.131. The first kappa shape index (κ1) is 11.1. The molecule has 0 radical (unpaired) electrons. The normalized spacial score (nSPS) is 21.5. The number of amides is 2. The van der Waals surface area contributed by atoms with E-state index in [1.165, 1.54) is 0 Å². The van der Waals surface area contributed by atoms with E-state index in [0.29, 0.717) is 18.6 Å². The molecule has 0 saturated heterocycles. The van der Waals surface area contributed by atoms with Crippen molar-refractivity contribution < 1.29 is 14.4 Å². The average molecular weight is 225 g/mol. The molecule has 1 heterocycles. The van der Waals surface area contributed by atoms with Crippen LogP contribution in [-0.4, -0.2) is 23.6 Å². The maximum absolute atomic E-state index is 11.5. The number of hydroxylamine groups is 1. The third-order valence-electron chi connectivity index (χ3n) is 2.79. The van der Waals surface area contributed by atoms with E-state index in [1.807, 2.05) is 0 Å². The maximum Gasteiger partial charge on any atom is 0.291 e. The first-order valence-electron chi connectivity index (χ1n) is 5.57. The van der Waals surface area contributed by atoms with Gasteiger partial charge in [0.25, 0.3) is 5.91 Å².